The van der Waals surface area contributed by atoms with Crippen LogP contribution >= 0.6 is 11.3 Å². The summed E-state index contributed by atoms with van der Waals surface area (Å²) in [6, 6.07) is 15.3. The second-order valence-electron chi connectivity index (χ2n) is 5.09. The molecule has 2 aromatic carbocycles. The van der Waals surface area contributed by atoms with E-state index in [4.69, 9.17) is 4.74 Å². The second-order valence-corrected chi connectivity index (χ2v) is 5.95. The first-order valence-electron chi connectivity index (χ1n) is 7.13. The molecule has 0 spiro atoms. The molecule has 0 saturated carbocycles. The van der Waals surface area contributed by atoms with Gasteiger partial charge in [-0.15, -0.1) is 11.3 Å². The molecule has 0 atom stereocenters. The number of aromatic nitrogens is 1. The van der Waals surface area contributed by atoms with Gasteiger partial charge in [-0.3, -0.25) is 4.79 Å². The zero-order chi connectivity index (χ0) is 16.2. The molecule has 0 radical (unpaired) electrons. The Kier molecular flexibility index (Phi) is 4.39. The summed E-state index contributed by atoms with van der Waals surface area (Å²) in [5.74, 6) is 0.560. The van der Waals surface area contributed by atoms with Gasteiger partial charge in [-0.25, -0.2) is 4.98 Å². The molecule has 1 amide bonds. The SMILES string of the molecule is COc1cccc(-c2nc(C(=O)Nc3cccc(C)c3)cs2)c1. The van der Waals surface area contributed by atoms with Gasteiger partial charge in [0.15, 0.2) is 0 Å². The summed E-state index contributed by atoms with van der Waals surface area (Å²) in [7, 11) is 1.63. The molecule has 0 aliphatic rings. The van der Waals surface area contributed by atoms with Gasteiger partial charge < -0.3 is 10.1 Å². The molecule has 0 bridgehead atoms. The highest BCUT2D eigenvalue weighted by Crippen LogP contribution is 2.27. The van der Waals surface area contributed by atoms with Crippen LogP contribution in [0.1, 0.15) is 16.1 Å². The van der Waals surface area contributed by atoms with Crippen LogP contribution in [-0.4, -0.2) is 18.0 Å². The van der Waals surface area contributed by atoms with Gasteiger partial charge in [0.25, 0.3) is 5.91 Å². The summed E-state index contributed by atoms with van der Waals surface area (Å²) in [5.41, 5.74) is 3.21. The predicted octanol–water partition coefficient (Wildman–Crippen LogP) is 4.38. The van der Waals surface area contributed by atoms with Gasteiger partial charge in [0.05, 0.1) is 7.11 Å². The van der Waals surface area contributed by atoms with Crippen molar-refractivity contribution < 1.29 is 9.53 Å². The Balaban J connectivity index is 1.79. The topological polar surface area (TPSA) is 51.2 Å². The number of benzene rings is 2. The lowest BCUT2D eigenvalue weighted by atomic mass is 10.2. The minimum Gasteiger partial charge on any atom is -0.497 e. The molecule has 1 N–H and O–H groups in total. The van der Waals surface area contributed by atoms with Crippen LogP contribution in [0.4, 0.5) is 5.69 Å². The van der Waals surface area contributed by atoms with Crippen LogP contribution < -0.4 is 10.1 Å². The first-order valence-corrected chi connectivity index (χ1v) is 8.01. The minimum absolute atomic E-state index is 0.207. The summed E-state index contributed by atoms with van der Waals surface area (Å²) < 4.78 is 5.22. The fourth-order valence-corrected chi connectivity index (χ4v) is 2.98. The summed E-state index contributed by atoms with van der Waals surface area (Å²) >= 11 is 1.44. The van der Waals surface area contributed by atoms with Crippen molar-refractivity contribution in [3.63, 3.8) is 0 Å². The summed E-state index contributed by atoms with van der Waals surface area (Å²) in [6.07, 6.45) is 0. The molecule has 1 aromatic heterocycles. The van der Waals surface area contributed by atoms with Crippen LogP contribution in [0.3, 0.4) is 0 Å². The van der Waals surface area contributed by atoms with Crippen LogP contribution in [0.2, 0.25) is 0 Å². The molecular weight excluding hydrogens is 308 g/mol. The first-order chi connectivity index (χ1) is 11.2. The standard InChI is InChI=1S/C18H16N2O2S/c1-12-5-3-7-14(9-12)19-17(21)16-11-23-18(20-16)13-6-4-8-15(10-13)22-2/h3-11H,1-2H3,(H,19,21). The van der Waals surface area contributed by atoms with Crippen molar-refractivity contribution in [2.75, 3.05) is 12.4 Å². The molecule has 0 fully saturated rings. The number of aryl methyl sites for hydroxylation is 1. The molecule has 5 heteroatoms. The number of ether oxygens (including phenoxy) is 1. The van der Waals surface area contributed by atoms with Crippen molar-refractivity contribution >= 4 is 22.9 Å². The molecule has 3 rings (SSSR count). The van der Waals surface area contributed by atoms with E-state index < -0.39 is 0 Å². The van der Waals surface area contributed by atoms with Crippen LogP contribution in [0.15, 0.2) is 53.9 Å². The maximum absolute atomic E-state index is 12.3. The maximum atomic E-state index is 12.3. The van der Waals surface area contributed by atoms with E-state index in [1.165, 1.54) is 11.3 Å². The average Bonchev–Trinajstić information content (AvgIpc) is 3.05. The van der Waals surface area contributed by atoms with Crippen LogP contribution in [0.5, 0.6) is 5.75 Å². The third-order valence-corrected chi connectivity index (χ3v) is 4.22. The lowest BCUT2D eigenvalue weighted by Crippen LogP contribution is -2.12. The quantitative estimate of drug-likeness (QED) is 0.775. The monoisotopic (exact) mass is 324 g/mol. The Morgan fingerprint density at radius 1 is 1.17 bits per heavy atom. The lowest BCUT2D eigenvalue weighted by Gasteiger charge is -2.04. The van der Waals surface area contributed by atoms with Gasteiger partial charge in [0.2, 0.25) is 0 Å². The van der Waals surface area contributed by atoms with Gasteiger partial charge in [0, 0.05) is 16.6 Å². The Bertz CT molecular complexity index is 842. The fraction of sp³-hybridized carbons (Fsp3) is 0.111. The minimum atomic E-state index is -0.207. The summed E-state index contributed by atoms with van der Waals surface area (Å²) in [5, 5.41) is 5.42. The van der Waals surface area contributed by atoms with E-state index in [9.17, 15) is 4.79 Å². The highest BCUT2D eigenvalue weighted by Gasteiger charge is 2.12. The van der Waals surface area contributed by atoms with Crippen LogP contribution in [0, 0.1) is 6.92 Å². The van der Waals surface area contributed by atoms with Crippen molar-refractivity contribution in [3.8, 4) is 16.3 Å². The van der Waals surface area contributed by atoms with E-state index in [0.717, 1.165) is 27.6 Å². The van der Waals surface area contributed by atoms with Crippen molar-refractivity contribution in [2.24, 2.45) is 0 Å². The Morgan fingerprint density at radius 2 is 2.00 bits per heavy atom. The zero-order valence-electron chi connectivity index (χ0n) is 12.9. The number of carbonyl (C=O) groups is 1. The predicted molar refractivity (Wildman–Crippen MR) is 93.2 cm³/mol. The number of hydrogen-bond donors (Lipinski definition) is 1. The van der Waals surface area contributed by atoms with E-state index in [1.807, 2.05) is 55.5 Å². The van der Waals surface area contributed by atoms with Gasteiger partial charge >= 0.3 is 0 Å². The number of thiazole rings is 1. The normalized spacial score (nSPS) is 10.3. The molecule has 3 aromatic rings. The molecule has 0 aliphatic carbocycles. The van der Waals surface area contributed by atoms with Gasteiger partial charge in [-0.2, -0.15) is 0 Å². The van der Waals surface area contributed by atoms with Gasteiger partial charge in [-0.05, 0) is 36.8 Å². The number of rotatable bonds is 4. The largest absolute Gasteiger partial charge is 0.497 e. The van der Waals surface area contributed by atoms with E-state index in [2.05, 4.69) is 10.3 Å². The fourth-order valence-electron chi connectivity index (χ4n) is 2.18. The number of carbonyl (C=O) groups excluding carboxylic acids is 1. The number of nitrogens with zero attached hydrogens (tertiary/aromatic N) is 1. The first kappa shape index (κ1) is 15.2. The van der Waals surface area contributed by atoms with E-state index in [1.54, 1.807) is 12.5 Å². The molecule has 0 aliphatic heterocycles. The lowest BCUT2D eigenvalue weighted by molar-refractivity contribution is 0.102. The second kappa shape index (κ2) is 6.62. The number of amides is 1. The van der Waals surface area contributed by atoms with Crippen molar-refractivity contribution in [3.05, 3.63) is 65.2 Å². The number of anilines is 1. The number of methoxy groups -OCH3 is 1. The molecule has 4 nitrogen and oxygen atoms in total. The Morgan fingerprint density at radius 3 is 2.78 bits per heavy atom. The molecule has 0 unspecified atom stereocenters. The van der Waals surface area contributed by atoms with E-state index in [0.29, 0.717) is 5.69 Å². The Hall–Kier alpha value is -2.66. The highest BCUT2D eigenvalue weighted by molar-refractivity contribution is 7.13. The maximum Gasteiger partial charge on any atom is 0.275 e. The van der Waals surface area contributed by atoms with Crippen LogP contribution in [0.25, 0.3) is 10.6 Å². The third-order valence-electron chi connectivity index (χ3n) is 3.33. The van der Waals surface area contributed by atoms with E-state index in [-0.39, 0.29) is 5.91 Å². The smallest absolute Gasteiger partial charge is 0.275 e. The number of hydrogen-bond acceptors (Lipinski definition) is 4. The number of nitrogens with one attached hydrogen (secondary N) is 1. The van der Waals surface area contributed by atoms with Crippen molar-refractivity contribution in [1.29, 1.82) is 0 Å². The molecule has 1 heterocycles. The van der Waals surface area contributed by atoms with E-state index >= 15 is 0 Å². The zero-order valence-corrected chi connectivity index (χ0v) is 13.7. The summed E-state index contributed by atoms with van der Waals surface area (Å²) in [4.78, 5) is 16.7. The van der Waals surface area contributed by atoms with Crippen molar-refractivity contribution in [2.45, 2.75) is 6.92 Å². The highest BCUT2D eigenvalue weighted by atomic mass is 32.1. The van der Waals surface area contributed by atoms with Gasteiger partial charge in [0.1, 0.15) is 16.5 Å². The molecular formula is C18H16N2O2S. The van der Waals surface area contributed by atoms with Crippen LogP contribution in [-0.2, 0) is 0 Å². The molecule has 0 saturated heterocycles. The average molecular weight is 324 g/mol. The molecule has 23 heavy (non-hydrogen) atoms. The Labute approximate surface area is 138 Å². The van der Waals surface area contributed by atoms with Gasteiger partial charge in [-0.1, -0.05) is 24.3 Å². The summed E-state index contributed by atoms with van der Waals surface area (Å²) in [6.45, 7) is 1.99. The molecule has 116 valence electrons. The van der Waals surface area contributed by atoms with Crippen molar-refractivity contribution in [1.82, 2.24) is 4.98 Å². The third kappa shape index (κ3) is 3.57.